The Kier molecular flexibility index (Phi) is 8.19. The Morgan fingerprint density at radius 2 is 2.11 bits per heavy atom. The van der Waals surface area contributed by atoms with Crippen LogP contribution >= 0.6 is 15.9 Å². The lowest BCUT2D eigenvalue weighted by Gasteiger charge is -2.15. The predicted molar refractivity (Wildman–Crippen MR) is 109 cm³/mol. The second kappa shape index (κ2) is 10.6. The number of benzene rings is 1. The molecule has 27 heavy (non-hydrogen) atoms. The average Bonchev–Trinajstić information content (AvgIpc) is 3.16. The highest BCUT2D eigenvalue weighted by Crippen LogP contribution is 2.23. The minimum Gasteiger partial charge on any atom is -0.496 e. The molecule has 0 saturated heterocycles. The Bertz CT molecular complexity index is 760. The molecule has 1 aromatic heterocycles. The third-order valence-corrected chi connectivity index (χ3v) is 4.29. The minimum absolute atomic E-state index is 0.0319. The molecule has 8 heteroatoms. The molecule has 2 aromatic rings. The van der Waals surface area contributed by atoms with E-state index in [9.17, 15) is 4.79 Å². The first-order valence-electron chi connectivity index (χ1n) is 8.56. The van der Waals surface area contributed by atoms with Gasteiger partial charge in [-0.25, -0.2) is 4.99 Å². The number of halogens is 1. The average molecular weight is 437 g/mol. The van der Waals surface area contributed by atoms with E-state index in [2.05, 4.69) is 31.6 Å². The Balaban J connectivity index is 2.03. The SMILES string of the molecule is COc1ccc(Br)cc1CN=C(NCCc1ccco1)NCC(=O)N(C)C. The molecule has 2 rings (SSSR count). The molecular formula is C19H25BrN4O3. The number of methoxy groups -OCH3 is 1. The van der Waals surface area contributed by atoms with Crippen LogP contribution in [-0.4, -0.2) is 51.1 Å². The molecule has 146 valence electrons. The van der Waals surface area contributed by atoms with Crippen molar-refractivity contribution < 1.29 is 13.9 Å². The van der Waals surface area contributed by atoms with Crippen LogP contribution in [0, 0.1) is 0 Å². The summed E-state index contributed by atoms with van der Waals surface area (Å²) in [6, 6.07) is 9.56. The third kappa shape index (κ3) is 6.97. The van der Waals surface area contributed by atoms with Crippen LogP contribution in [0.15, 0.2) is 50.5 Å². The van der Waals surface area contributed by atoms with E-state index in [1.807, 2.05) is 30.3 Å². The van der Waals surface area contributed by atoms with E-state index in [-0.39, 0.29) is 12.5 Å². The molecular weight excluding hydrogens is 412 g/mol. The predicted octanol–water partition coefficient (Wildman–Crippen LogP) is 2.42. The maximum atomic E-state index is 11.9. The Morgan fingerprint density at radius 3 is 2.78 bits per heavy atom. The number of nitrogens with one attached hydrogen (secondary N) is 2. The first kappa shape index (κ1) is 20.8. The molecule has 0 atom stereocenters. The van der Waals surface area contributed by atoms with Gasteiger partial charge >= 0.3 is 0 Å². The van der Waals surface area contributed by atoms with Gasteiger partial charge in [-0.1, -0.05) is 15.9 Å². The van der Waals surface area contributed by atoms with Crippen LogP contribution in [0.1, 0.15) is 11.3 Å². The van der Waals surface area contributed by atoms with E-state index in [0.717, 1.165) is 28.0 Å². The Labute approximate surface area is 167 Å². The zero-order chi connectivity index (χ0) is 19.6. The van der Waals surface area contributed by atoms with Crippen LogP contribution in [0.2, 0.25) is 0 Å². The van der Waals surface area contributed by atoms with Crippen molar-refractivity contribution in [2.24, 2.45) is 4.99 Å². The molecule has 1 heterocycles. The van der Waals surface area contributed by atoms with Gasteiger partial charge < -0.3 is 24.7 Å². The molecule has 0 bridgehead atoms. The van der Waals surface area contributed by atoms with Crippen molar-refractivity contribution in [3.05, 3.63) is 52.4 Å². The highest BCUT2D eigenvalue weighted by molar-refractivity contribution is 9.10. The van der Waals surface area contributed by atoms with Crippen molar-refractivity contribution >= 4 is 27.8 Å². The first-order valence-corrected chi connectivity index (χ1v) is 9.36. The summed E-state index contributed by atoms with van der Waals surface area (Å²) in [4.78, 5) is 18.0. The van der Waals surface area contributed by atoms with Gasteiger partial charge in [0.1, 0.15) is 11.5 Å². The second-order valence-corrected chi connectivity index (χ2v) is 6.93. The van der Waals surface area contributed by atoms with Crippen LogP contribution in [0.25, 0.3) is 0 Å². The highest BCUT2D eigenvalue weighted by Gasteiger charge is 2.08. The number of carbonyl (C=O) groups excluding carboxylic acids is 1. The summed E-state index contributed by atoms with van der Waals surface area (Å²) in [5, 5.41) is 6.30. The summed E-state index contributed by atoms with van der Waals surface area (Å²) >= 11 is 3.47. The first-order chi connectivity index (χ1) is 13.0. The lowest BCUT2D eigenvalue weighted by molar-refractivity contribution is -0.127. The van der Waals surface area contributed by atoms with E-state index in [1.54, 1.807) is 27.5 Å². The van der Waals surface area contributed by atoms with Crippen LogP contribution in [0.4, 0.5) is 0 Å². The molecule has 0 aliphatic heterocycles. The molecule has 0 unspecified atom stereocenters. The number of aliphatic imine (C=N–C) groups is 1. The van der Waals surface area contributed by atoms with Gasteiger partial charge in [0.05, 0.1) is 26.5 Å². The summed E-state index contributed by atoms with van der Waals surface area (Å²) in [6.45, 7) is 1.20. The van der Waals surface area contributed by atoms with E-state index < -0.39 is 0 Å². The normalized spacial score (nSPS) is 11.2. The molecule has 0 radical (unpaired) electrons. The van der Waals surface area contributed by atoms with E-state index >= 15 is 0 Å². The minimum atomic E-state index is -0.0319. The molecule has 0 saturated carbocycles. The third-order valence-electron chi connectivity index (χ3n) is 3.80. The Morgan fingerprint density at radius 1 is 1.30 bits per heavy atom. The lowest BCUT2D eigenvalue weighted by atomic mass is 10.2. The zero-order valence-electron chi connectivity index (χ0n) is 15.8. The van der Waals surface area contributed by atoms with Gasteiger partial charge in [0, 0.05) is 37.1 Å². The van der Waals surface area contributed by atoms with Gasteiger partial charge in [-0.15, -0.1) is 0 Å². The van der Waals surface area contributed by atoms with E-state index in [1.165, 1.54) is 4.90 Å². The number of hydrogen-bond acceptors (Lipinski definition) is 4. The summed E-state index contributed by atoms with van der Waals surface area (Å²) in [5.41, 5.74) is 0.943. The van der Waals surface area contributed by atoms with Crippen LogP contribution < -0.4 is 15.4 Å². The number of nitrogens with zero attached hydrogens (tertiary/aromatic N) is 2. The smallest absolute Gasteiger partial charge is 0.241 e. The summed E-state index contributed by atoms with van der Waals surface area (Å²) in [6.07, 6.45) is 2.37. The van der Waals surface area contributed by atoms with Gasteiger partial charge in [-0.3, -0.25) is 4.79 Å². The summed E-state index contributed by atoms with van der Waals surface area (Å²) in [7, 11) is 5.07. The molecule has 7 nitrogen and oxygen atoms in total. The van der Waals surface area contributed by atoms with Crippen molar-refractivity contribution in [3.8, 4) is 5.75 Å². The van der Waals surface area contributed by atoms with Crippen molar-refractivity contribution in [2.45, 2.75) is 13.0 Å². The number of furan rings is 1. The van der Waals surface area contributed by atoms with Gasteiger partial charge in [0.25, 0.3) is 0 Å². The van der Waals surface area contributed by atoms with Crippen LogP contribution in [0.3, 0.4) is 0 Å². The molecule has 0 fully saturated rings. The number of amides is 1. The maximum absolute atomic E-state index is 11.9. The fourth-order valence-electron chi connectivity index (χ4n) is 2.29. The topological polar surface area (TPSA) is 79.1 Å². The fraction of sp³-hybridized carbons (Fsp3) is 0.368. The van der Waals surface area contributed by atoms with Gasteiger partial charge in [0.2, 0.25) is 5.91 Å². The van der Waals surface area contributed by atoms with E-state index in [4.69, 9.17) is 9.15 Å². The molecule has 0 aliphatic carbocycles. The van der Waals surface area contributed by atoms with Crippen LogP contribution in [-0.2, 0) is 17.8 Å². The number of carbonyl (C=O) groups is 1. The second-order valence-electron chi connectivity index (χ2n) is 6.02. The van der Waals surface area contributed by atoms with Gasteiger partial charge in [0.15, 0.2) is 5.96 Å². The number of likely N-dealkylation sites (N-methyl/N-ethyl adjacent to an activating group) is 1. The number of hydrogen-bond donors (Lipinski definition) is 2. The van der Waals surface area contributed by atoms with Gasteiger partial charge in [-0.2, -0.15) is 0 Å². The maximum Gasteiger partial charge on any atom is 0.241 e. The number of ether oxygens (including phenoxy) is 1. The standard InChI is InChI=1S/C19H25BrN4O3/c1-24(2)18(25)13-23-19(21-9-8-16-5-4-10-27-16)22-12-14-11-15(20)6-7-17(14)26-3/h4-7,10-11H,8-9,12-13H2,1-3H3,(H2,21,22,23). The number of guanidine groups is 1. The molecule has 1 aromatic carbocycles. The fourth-order valence-corrected chi connectivity index (χ4v) is 2.69. The summed E-state index contributed by atoms with van der Waals surface area (Å²) < 4.78 is 11.7. The lowest BCUT2D eigenvalue weighted by Crippen LogP contribution is -2.43. The van der Waals surface area contributed by atoms with Gasteiger partial charge in [-0.05, 0) is 30.3 Å². The zero-order valence-corrected chi connectivity index (χ0v) is 17.4. The summed E-state index contributed by atoms with van der Waals surface area (Å²) in [5.74, 6) is 2.18. The van der Waals surface area contributed by atoms with E-state index in [0.29, 0.717) is 19.0 Å². The molecule has 0 aliphatic rings. The number of rotatable bonds is 8. The highest BCUT2D eigenvalue weighted by atomic mass is 79.9. The molecule has 2 N–H and O–H groups in total. The quantitative estimate of drug-likeness (QED) is 0.490. The van der Waals surface area contributed by atoms with Crippen molar-refractivity contribution in [2.75, 3.05) is 34.3 Å². The molecule has 0 spiro atoms. The van der Waals surface area contributed by atoms with Crippen molar-refractivity contribution in [1.82, 2.24) is 15.5 Å². The largest absolute Gasteiger partial charge is 0.496 e. The van der Waals surface area contributed by atoms with Crippen molar-refractivity contribution in [3.63, 3.8) is 0 Å². The Hall–Kier alpha value is -2.48. The van der Waals surface area contributed by atoms with Crippen molar-refractivity contribution in [1.29, 1.82) is 0 Å². The monoisotopic (exact) mass is 436 g/mol. The molecule has 1 amide bonds. The van der Waals surface area contributed by atoms with Crippen LogP contribution in [0.5, 0.6) is 5.75 Å².